The normalized spacial score (nSPS) is 13.9. The molecule has 4 aromatic carbocycles. The number of benzene rings is 4. The zero-order valence-corrected chi connectivity index (χ0v) is 54.1. The van der Waals surface area contributed by atoms with E-state index >= 15 is 0 Å². The predicted molar refractivity (Wildman–Crippen MR) is 349 cm³/mol. The van der Waals surface area contributed by atoms with Crippen LogP contribution in [0.1, 0.15) is 222 Å². The highest BCUT2D eigenvalue weighted by atomic mass is 14.9. The summed E-state index contributed by atoms with van der Waals surface area (Å²) < 4.78 is 86.5. The summed E-state index contributed by atoms with van der Waals surface area (Å²) >= 11 is 0. The first-order valence-electron chi connectivity index (χ1n) is 34.2. The minimum atomic E-state index is -2.13. The van der Waals surface area contributed by atoms with Crippen molar-refractivity contribution in [3.8, 4) is 45.0 Å². The summed E-state index contributed by atoms with van der Waals surface area (Å²) in [5, 5.41) is 0. The summed E-state index contributed by atoms with van der Waals surface area (Å²) in [7, 11) is 8.11. The summed E-state index contributed by atoms with van der Waals surface area (Å²) in [6.07, 6.45) is 8.35. The first kappa shape index (κ1) is 51.4. The Morgan fingerprint density at radius 2 is 0.679 bits per heavy atom. The van der Waals surface area contributed by atoms with E-state index in [2.05, 4.69) is 181 Å². The Morgan fingerprint density at radius 3 is 1.04 bits per heavy atom. The fourth-order valence-electron chi connectivity index (χ4n) is 11.0. The highest BCUT2D eigenvalue weighted by Gasteiger charge is 2.25. The number of pyridine rings is 4. The molecule has 8 aromatic rings. The fraction of sp³-hybridized carbons (Fsp3) is 0.429. The van der Waals surface area contributed by atoms with Crippen molar-refractivity contribution in [3.05, 3.63) is 211 Å². The molecular weight excluding hydrogens is 981 g/mol. The van der Waals surface area contributed by atoms with Gasteiger partial charge in [-0.2, -0.15) is 0 Å². The molecule has 8 rings (SSSR count). The largest absolute Gasteiger partial charge is 0.212 e. The number of rotatable bonds is 9. The third kappa shape index (κ3) is 16.4. The number of hydrogen-bond acceptors (Lipinski definition) is 0. The van der Waals surface area contributed by atoms with Gasteiger partial charge in [0, 0.05) is 82.5 Å². The molecule has 4 nitrogen and oxygen atoms in total. The molecule has 4 heteroatoms. The van der Waals surface area contributed by atoms with E-state index in [1.54, 1.807) is 24.3 Å². The molecule has 4 aromatic heterocycles. The van der Waals surface area contributed by atoms with Crippen molar-refractivity contribution in [2.45, 2.75) is 194 Å². The molecule has 0 aliphatic rings. The van der Waals surface area contributed by atoms with Gasteiger partial charge in [-0.3, -0.25) is 0 Å². The van der Waals surface area contributed by atoms with Gasteiger partial charge in [-0.15, -0.1) is 0 Å². The molecule has 0 aliphatic heterocycles. The van der Waals surface area contributed by atoms with E-state index < -0.39 is 32.4 Å². The van der Waals surface area contributed by atoms with Crippen LogP contribution in [0.2, 0.25) is 0 Å². The van der Waals surface area contributed by atoms with E-state index in [0.717, 1.165) is 50.3 Å². The van der Waals surface area contributed by atoms with Crippen molar-refractivity contribution in [1.29, 1.82) is 0 Å². The smallest absolute Gasteiger partial charge is 0.201 e. The molecule has 0 aliphatic carbocycles. The lowest BCUT2D eigenvalue weighted by Crippen LogP contribution is -2.33. The summed E-state index contributed by atoms with van der Waals surface area (Å²) in [6.45, 7) is 36.6. The first-order chi connectivity index (χ1) is 41.6. The van der Waals surface area contributed by atoms with Crippen LogP contribution >= 0.6 is 0 Å². The molecule has 430 valence electrons. The average molecular weight is 1100 g/mol. The molecule has 0 unspecified atom stereocenters. The van der Waals surface area contributed by atoms with Gasteiger partial charge in [-0.1, -0.05) is 161 Å². The zero-order chi connectivity index (χ0) is 69.1. The molecule has 0 saturated heterocycles. The Morgan fingerprint density at radius 1 is 0.346 bits per heavy atom. The Hall–Kier alpha value is -6.52. The Labute approximate surface area is 508 Å². The van der Waals surface area contributed by atoms with Gasteiger partial charge < -0.3 is 0 Å². The molecule has 4 heterocycles. The van der Waals surface area contributed by atoms with Crippen molar-refractivity contribution in [2.24, 2.45) is 28.2 Å². The molecule has 0 amide bonds. The van der Waals surface area contributed by atoms with E-state index in [4.69, 9.17) is 13.7 Å². The number of hydrogen-bond donors (Lipinski definition) is 0. The van der Waals surface area contributed by atoms with Gasteiger partial charge in [0.15, 0.2) is 24.8 Å². The summed E-state index contributed by atoms with van der Waals surface area (Å²) in [6, 6.07) is 32.5. The van der Waals surface area contributed by atoms with Crippen LogP contribution in [0.5, 0.6) is 0 Å². The third-order valence-electron chi connectivity index (χ3n) is 15.5. The molecule has 0 radical (unpaired) electrons. The maximum absolute atomic E-state index is 8.53. The van der Waals surface area contributed by atoms with Gasteiger partial charge in [0.1, 0.15) is 28.2 Å². The molecule has 0 bridgehead atoms. The van der Waals surface area contributed by atoms with Crippen LogP contribution in [0, 0.1) is 69.0 Å². The van der Waals surface area contributed by atoms with Crippen LogP contribution in [0.25, 0.3) is 45.0 Å². The minimum Gasteiger partial charge on any atom is -0.201 e. The number of aryl methyl sites for hydroxylation is 14. The van der Waals surface area contributed by atoms with Crippen molar-refractivity contribution in [3.63, 3.8) is 0 Å². The van der Waals surface area contributed by atoms with Gasteiger partial charge in [-0.05, 0) is 173 Å². The zero-order valence-electron chi connectivity index (χ0n) is 64.1. The Bertz CT molecular complexity index is 3880. The van der Waals surface area contributed by atoms with Gasteiger partial charge in [0.2, 0.25) is 22.8 Å². The van der Waals surface area contributed by atoms with Gasteiger partial charge in [0.25, 0.3) is 0 Å². The number of nitrogens with zero attached hydrogens (tertiary/aromatic N) is 4. The van der Waals surface area contributed by atoms with Crippen molar-refractivity contribution in [2.75, 3.05) is 0 Å². The van der Waals surface area contributed by atoms with Crippen LogP contribution in [0.4, 0.5) is 0 Å². The lowest BCUT2D eigenvalue weighted by molar-refractivity contribution is -0.661. The minimum absolute atomic E-state index is 0.189. The van der Waals surface area contributed by atoms with E-state index in [1.165, 1.54) is 67.0 Å². The summed E-state index contributed by atoms with van der Waals surface area (Å²) in [5.41, 5.74) is 25.6. The van der Waals surface area contributed by atoms with Crippen LogP contribution in [0.15, 0.2) is 122 Å². The van der Waals surface area contributed by atoms with Crippen molar-refractivity contribution >= 4 is 0 Å². The molecule has 81 heavy (non-hydrogen) atoms. The molecule has 0 atom stereocenters. The van der Waals surface area contributed by atoms with Gasteiger partial charge in [-0.25, -0.2) is 18.3 Å². The maximum Gasteiger partial charge on any atom is 0.212 e. The quantitative estimate of drug-likeness (QED) is 0.128. The van der Waals surface area contributed by atoms with Crippen LogP contribution in [-0.2, 0) is 33.6 Å². The first-order valence-corrected chi connectivity index (χ1v) is 29.0. The van der Waals surface area contributed by atoms with E-state index in [-0.39, 0.29) is 5.41 Å². The topological polar surface area (TPSA) is 15.5 Å². The monoisotopic (exact) mass is 1100 g/mol. The second kappa shape index (κ2) is 27.5. The molecule has 0 spiro atoms. The van der Waals surface area contributed by atoms with Crippen LogP contribution in [-0.4, -0.2) is 0 Å². The highest BCUT2D eigenvalue weighted by Crippen LogP contribution is 2.33. The molecular formula is C77H106N4+4. The lowest BCUT2D eigenvalue weighted by Gasteiger charge is -2.21. The SMILES string of the molecule is Cc1ccc(-c2cc(C(C)C)c(C(C)C)c[n+]2C)c(C)c1.Cc1ccc(-c2cc(C)c(C(C)C)c[n+]2C)c(C)c1.[2H]C([2H])([2H])c1ccc(-c2cc(C([2H])(C)C)c(C([2H])(C)C)c[n+]2C)c(C)c1.[2H]C([2H])c1c[n+](C)c(-c2ccc(C([2H])([2H])[2H])cc2C)cc1C(C)(C)C. The van der Waals surface area contributed by atoms with E-state index in [9.17, 15) is 0 Å². The predicted octanol–water partition coefficient (Wildman–Crippen LogP) is 18.7. The maximum atomic E-state index is 8.53. The Kier molecular flexibility index (Phi) is 17.4. The average Bonchev–Trinajstić information content (AvgIpc) is 0.790. The summed E-state index contributed by atoms with van der Waals surface area (Å²) in [5.74, 6) is 0.0158. The number of aromatic nitrogens is 4. The Balaban J connectivity index is 0.000000222. The van der Waals surface area contributed by atoms with Crippen molar-refractivity contribution < 1.29 is 32.0 Å². The lowest BCUT2D eigenvalue weighted by atomic mass is 9.83. The fourth-order valence-corrected chi connectivity index (χ4v) is 11.0. The van der Waals surface area contributed by atoms with Crippen LogP contribution < -0.4 is 18.3 Å². The molecule has 0 N–H and O–H groups in total. The second-order valence-corrected chi connectivity index (χ2v) is 25.2. The van der Waals surface area contributed by atoms with Crippen molar-refractivity contribution in [1.82, 2.24) is 0 Å². The van der Waals surface area contributed by atoms with Crippen LogP contribution in [0.3, 0.4) is 0 Å². The summed E-state index contributed by atoms with van der Waals surface area (Å²) in [4.78, 5) is 0. The second-order valence-electron chi connectivity index (χ2n) is 25.2. The highest BCUT2D eigenvalue weighted by molar-refractivity contribution is 5.66. The molecule has 0 fully saturated rings. The van der Waals surface area contributed by atoms with E-state index in [0.29, 0.717) is 34.4 Å². The molecule has 0 saturated carbocycles. The van der Waals surface area contributed by atoms with E-state index in [1.807, 2.05) is 101 Å². The standard InChI is InChI=1S/2C20H28N.C19H26N.C18H24N/c2*1-13(2)18-11-20(21(7)12-19(18)14(3)4)17-9-8-15(5)10-16(17)6;1-13-8-9-16(14(2)10-13)18-11-17(19(4,5)6)15(3)12-20(18)7;1-12(2)17-11-19(6)18(10-15(17)5)16-8-7-13(3)9-14(16)4/h2*8-14H,1-7H3;8-12H,1-7H3;7-12H,1-6H3/q4*+1/i5D3,13D,14D;;1D3,3D2;. The van der Waals surface area contributed by atoms with Gasteiger partial charge >= 0.3 is 0 Å². The third-order valence-corrected chi connectivity index (χ3v) is 15.5. The van der Waals surface area contributed by atoms with Gasteiger partial charge in [0.05, 0.1) is 0 Å².